The molecule has 2 aromatic carbocycles. The molecule has 0 aliphatic carbocycles. The Labute approximate surface area is 167 Å². The van der Waals surface area contributed by atoms with E-state index < -0.39 is 16.5 Å². The van der Waals surface area contributed by atoms with Gasteiger partial charge in [0.05, 0.1) is 11.3 Å². The van der Waals surface area contributed by atoms with Crippen LogP contribution in [0.1, 0.15) is 42.0 Å². The molecule has 0 unspecified atom stereocenters. The van der Waals surface area contributed by atoms with Crippen LogP contribution in [0.25, 0.3) is 11.0 Å². The SMILES string of the molecule is Cc1cc2oc(=O)cc(COC(=O)Cc3ccccc3[N+](=O)[O-])c2cc1C(C)C. The first kappa shape index (κ1) is 20.3. The molecule has 0 spiro atoms. The number of rotatable bonds is 6. The largest absolute Gasteiger partial charge is 0.461 e. The van der Waals surface area contributed by atoms with Crippen LogP contribution in [-0.4, -0.2) is 10.9 Å². The maximum absolute atomic E-state index is 12.3. The molecule has 7 nitrogen and oxygen atoms in total. The van der Waals surface area contributed by atoms with E-state index in [4.69, 9.17) is 9.15 Å². The van der Waals surface area contributed by atoms with Crippen molar-refractivity contribution in [2.45, 2.75) is 39.7 Å². The third-order valence-corrected chi connectivity index (χ3v) is 4.75. The van der Waals surface area contributed by atoms with Crippen molar-refractivity contribution in [2.24, 2.45) is 0 Å². The predicted octanol–water partition coefficient (Wildman–Crippen LogP) is 4.42. The molecule has 1 heterocycles. The number of esters is 1. The summed E-state index contributed by atoms with van der Waals surface area (Å²) in [6, 6.07) is 11.1. The van der Waals surface area contributed by atoms with E-state index in [-0.39, 0.29) is 30.2 Å². The number of nitro benzene ring substituents is 1. The van der Waals surface area contributed by atoms with Crippen LogP contribution in [0.15, 0.2) is 51.7 Å². The molecule has 0 saturated carbocycles. The van der Waals surface area contributed by atoms with Crippen LogP contribution in [-0.2, 0) is 22.6 Å². The number of ether oxygens (including phenoxy) is 1. The van der Waals surface area contributed by atoms with Gasteiger partial charge in [-0.25, -0.2) is 4.79 Å². The molecule has 0 N–H and O–H groups in total. The van der Waals surface area contributed by atoms with Crippen molar-refractivity contribution in [1.82, 2.24) is 0 Å². The molecule has 0 fully saturated rings. The zero-order valence-corrected chi connectivity index (χ0v) is 16.4. The second-order valence-corrected chi connectivity index (χ2v) is 7.17. The lowest BCUT2D eigenvalue weighted by Gasteiger charge is -2.13. The molecule has 0 radical (unpaired) electrons. The van der Waals surface area contributed by atoms with Gasteiger partial charge in [0.15, 0.2) is 0 Å². The Morgan fingerprint density at radius 1 is 1.17 bits per heavy atom. The summed E-state index contributed by atoms with van der Waals surface area (Å²) in [5, 5.41) is 11.8. The summed E-state index contributed by atoms with van der Waals surface area (Å²) in [5.41, 5.74) is 2.71. The highest BCUT2D eigenvalue weighted by Gasteiger charge is 2.17. The fourth-order valence-corrected chi connectivity index (χ4v) is 3.34. The highest BCUT2D eigenvalue weighted by atomic mass is 16.6. The molecule has 0 amide bonds. The van der Waals surface area contributed by atoms with Crippen LogP contribution in [0.4, 0.5) is 5.69 Å². The van der Waals surface area contributed by atoms with Gasteiger partial charge in [-0.05, 0) is 36.1 Å². The summed E-state index contributed by atoms with van der Waals surface area (Å²) in [6.07, 6.45) is -0.229. The molecule has 0 aliphatic rings. The topological polar surface area (TPSA) is 99.7 Å². The molecule has 0 atom stereocenters. The first-order valence-electron chi connectivity index (χ1n) is 9.21. The summed E-state index contributed by atoms with van der Waals surface area (Å²) in [7, 11) is 0. The second-order valence-electron chi connectivity index (χ2n) is 7.17. The van der Waals surface area contributed by atoms with E-state index >= 15 is 0 Å². The maximum atomic E-state index is 12.3. The normalized spacial score (nSPS) is 11.0. The summed E-state index contributed by atoms with van der Waals surface area (Å²) in [6.45, 7) is 5.97. The Bertz CT molecular complexity index is 1150. The molecule has 0 aliphatic heterocycles. The number of fused-ring (bicyclic) bond motifs is 1. The number of hydrogen-bond acceptors (Lipinski definition) is 6. The minimum Gasteiger partial charge on any atom is -0.461 e. The quantitative estimate of drug-likeness (QED) is 0.265. The van der Waals surface area contributed by atoms with E-state index in [9.17, 15) is 19.7 Å². The van der Waals surface area contributed by atoms with Gasteiger partial charge in [-0.2, -0.15) is 0 Å². The average molecular weight is 395 g/mol. The Morgan fingerprint density at radius 3 is 2.59 bits per heavy atom. The van der Waals surface area contributed by atoms with Crippen molar-refractivity contribution >= 4 is 22.6 Å². The van der Waals surface area contributed by atoms with Gasteiger partial charge in [0.25, 0.3) is 5.69 Å². The monoisotopic (exact) mass is 395 g/mol. The van der Waals surface area contributed by atoms with E-state index in [1.807, 2.05) is 19.1 Å². The van der Waals surface area contributed by atoms with E-state index in [2.05, 4.69) is 13.8 Å². The van der Waals surface area contributed by atoms with Crippen molar-refractivity contribution in [3.63, 3.8) is 0 Å². The lowest BCUT2D eigenvalue weighted by Crippen LogP contribution is -2.11. The lowest BCUT2D eigenvalue weighted by molar-refractivity contribution is -0.385. The maximum Gasteiger partial charge on any atom is 0.336 e. The van der Waals surface area contributed by atoms with Gasteiger partial charge in [-0.15, -0.1) is 0 Å². The van der Waals surface area contributed by atoms with E-state index in [1.54, 1.807) is 6.07 Å². The minimum atomic E-state index is -0.614. The summed E-state index contributed by atoms with van der Waals surface area (Å²) in [4.78, 5) is 34.7. The third kappa shape index (κ3) is 4.51. The number of hydrogen-bond donors (Lipinski definition) is 0. The van der Waals surface area contributed by atoms with Gasteiger partial charge in [-0.3, -0.25) is 14.9 Å². The van der Waals surface area contributed by atoms with Crippen LogP contribution in [0, 0.1) is 17.0 Å². The molecule has 7 heteroatoms. The fraction of sp³-hybridized carbons (Fsp3) is 0.273. The van der Waals surface area contributed by atoms with Crippen LogP contribution >= 0.6 is 0 Å². The van der Waals surface area contributed by atoms with Gasteiger partial charge >= 0.3 is 11.6 Å². The van der Waals surface area contributed by atoms with Gasteiger partial charge in [0.2, 0.25) is 0 Å². The first-order valence-corrected chi connectivity index (χ1v) is 9.21. The summed E-state index contributed by atoms with van der Waals surface area (Å²) >= 11 is 0. The number of carbonyl (C=O) groups excluding carboxylic acids is 1. The minimum absolute atomic E-state index is 0.123. The summed E-state index contributed by atoms with van der Waals surface area (Å²) < 4.78 is 10.6. The van der Waals surface area contributed by atoms with Gasteiger partial charge in [-0.1, -0.05) is 32.0 Å². The molecule has 3 aromatic rings. The van der Waals surface area contributed by atoms with Crippen LogP contribution in [0.3, 0.4) is 0 Å². The van der Waals surface area contributed by atoms with Gasteiger partial charge in [0.1, 0.15) is 12.2 Å². The molecule has 1 aromatic heterocycles. The van der Waals surface area contributed by atoms with Gasteiger partial charge in [0, 0.05) is 28.6 Å². The number of benzene rings is 2. The van der Waals surface area contributed by atoms with Crippen LogP contribution < -0.4 is 5.63 Å². The van der Waals surface area contributed by atoms with Gasteiger partial charge < -0.3 is 9.15 Å². The molecule has 29 heavy (non-hydrogen) atoms. The zero-order valence-electron chi connectivity index (χ0n) is 16.4. The molecule has 0 bridgehead atoms. The Kier molecular flexibility index (Phi) is 5.77. The van der Waals surface area contributed by atoms with Crippen molar-refractivity contribution in [3.8, 4) is 0 Å². The Hall–Kier alpha value is -3.48. The first-order chi connectivity index (χ1) is 13.8. The van der Waals surface area contributed by atoms with Crippen molar-refractivity contribution < 1.29 is 18.9 Å². The third-order valence-electron chi connectivity index (χ3n) is 4.75. The Morgan fingerprint density at radius 2 is 1.90 bits per heavy atom. The highest BCUT2D eigenvalue weighted by molar-refractivity contribution is 5.82. The highest BCUT2D eigenvalue weighted by Crippen LogP contribution is 2.27. The van der Waals surface area contributed by atoms with Crippen LogP contribution in [0.2, 0.25) is 0 Å². The number of para-hydroxylation sites is 1. The molecular formula is C22H21NO6. The molecular weight excluding hydrogens is 374 g/mol. The average Bonchev–Trinajstić information content (AvgIpc) is 2.65. The number of nitrogens with zero attached hydrogens (tertiary/aromatic N) is 1. The Balaban J connectivity index is 1.85. The number of carbonyl (C=O) groups is 1. The molecule has 3 rings (SSSR count). The fourth-order valence-electron chi connectivity index (χ4n) is 3.34. The van der Waals surface area contributed by atoms with E-state index in [1.165, 1.54) is 24.3 Å². The van der Waals surface area contributed by atoms with Crippen LogP contribution in [0.5, 0.6) is 0 Å². The smallest absolute Gasteiger partial charge is 0.336 e. The molecule has 150 valence electrons. The van der Waals surface area contributed by atoms with E-state index in [0.717, 1.165) is 11.1 Å². The predicted molar refractivity (Wildman–Crippen MR) is 108 cm³/mol. The second kappa shape index (κ2) is 8.26. The zero-order chi connectivity index (χ0) is 21.1. The lowest BCUT2D eigenvalue weighted by atomic mass is 9.95. The van der Waals surface area contributed by atoms with Crippen molar-refractivity contribution in [2.75, 3.05) is 0 Å². The van der Waals surface area contributed by atoms with Crippen molar-refractivity contribution in [3.05, 3.63) is 85.3 Å². The number of nitro groups is 1. The summed E-state index contributed by atoms with van der Waals surface area (Å²) in [5.74, 6) is -0.336. The van der Waals surface area contributed by atoms with Crippen molar-refractivity contribution in [1.29, 1.82) is 0 Å². The molecule has 0 saturated heterocycles. The van der Waals surface area contributed by atoms with E-state index in [0.29, 0.717) is 16.5 Å². The standard InChI is InChI=1S/C22H21NO6/c1-13(2)17-11-18-16(10-22(25)29-20(18)8-14(17)3)12-28-21(24)9-15-6-4-5-7-19(15)23(26)27/h4-8,10-11,13H,9,12H2,1-3H3. The number of aryl methyl sites for hydroxylation is 1.